The van der Waals surface area contributed by atoms with Crippen molar-refractivity contribution in [2.24, 2.45) is 10.4 Å². The molecule has 0 saturated heterocycles. The molecule has 2 aromatic rings. The van der Waals surface area contributed by atoms with Gasteiger partial charge in [-0.15, -0.1) is 0 Å². The van der Waals surface area contributed by atoms with Crippen LogP contribution in [0.2, 0.25) is 0 Å². The number of hydrogen-bond acceptors (Lipinski definition) is 12. The number of nitrogens with zero attached hydrogens (tertiary/aromatic N) is 10. The molecule has 0 unspecified atom stereocenters. The van der Waals surface area contributed by atoms with Gasteiger partial charge < -0.3 is 40.5 Å². The van der Waals surface area contributed by atoms with Crippen LogP contribution in [0.4, 0.5) is 23.5 Å². The third kappa shape index (κ3) is 2.95. The average Bonchev–Trinajstić information content (AvgIpc) is 3.09. The number of hydrogen-bond donors (Lipinski definition) is 0. The summed E-state index contributed by atoms with van der Waals surface area (Å²) in [7, 11) is 0. The standard InChI is InChI=1S/C6H2N10O8/c17-13(18)3-1-11(5(7-3)15(21)22)9-10-12-2-4(14(19)20)8-6(12)16(23)24/h1-2H/b10-9+. The fourth-order valence-electron chi connectivity index (χ4n) is 1.34. The minimum absolute atomic E-state index is 0.258. The van der Waals surface area contributed by atoms with Gasteiger partial charge in [0.1, 0.15) is 0 Å². The van der Waals surface area contributed by atoms with Gasteiger partial charge in [-0.1, -0.05) is 9.35 Å². The third-order valence-corrected chi connectivity index (χ3v) is 2.25. The molecule has 2 rings (SSSR count). The molecule has 18 heteroatoms. The maximum atomic E-state index is 10.7. The SMILES string of the molecule is O=[N+]([O-])c1cn(/N=N/n2cc([N+](=O)[O-])nc2[N+](=O)[O-])c([N+](=O)[O-])n1. The van der Waals surface area contributed by atoms with E-state index < -0.39 is 43.2 Å². The molecule has 0 radical (unpaired) electrons. The minimum atomic E-state index is -1.11. The largest absolute Gasteiger partial charge is 0.464 e. The van der Waals surface area contributed by atoms with Gasteiger partial charge in [-0.3, -0.25) is 0 Å². The zero-order valence-corrected chi connectivity index (χ0v) is 10.9. The van der Waals surface area contributed by atoms with Crippen LogP contribution in [-0.2, 0) is 0 Å². The second kappa shape index (κ2) is 5.78. The first-order valence-electron chi connectivity index (χ1n) is 5.39. The smallest absolute Gasteiger partial charge is 0.390 e. The maximum Gasteiger partial charge on any atom is 0.464 e. The summed E-state index contributed by atoms with van der Waals surface area (Å²) >= 11 is 0. The zero-order valence-electron chi connectivity index (χ0n) is 10.9. The molecule has 0 bridgehead atoms. The van der Waals surface area contributed by atoms with Crippen LogP contribution in [0.3, 0.4) is 0 Å². The molecule has 0 fully saturated rings. The van der Waals surface area contributed by atoms with Gasteiger partial charge in [-0.2, -0.15) is 0 Å². The summed E-state index contributed by atoms with van der Waals surface area (Å²) in [6.07, 6.45) is 1.05. The second-order valence-corrected chi connectivity index (χ2v) is 3.69. The van der Waals surface area contributed by atoms with Crippen LogP contribution >= 0.6 is 0 Å². The Hall–Kier alpha value is -4.38. The van der Waals surface area contributed by atoms with E-state index in [0.29, 0.717) is 12.4 Å². The van der Waals surface area contributed by atoms with Gasteiger partial charge in [0, 0.05) is 10.4 Å². The zero-order chi connectivity index (χ0) is 18.0. The Labute approximate surface area is 127 Å². The molecule has 24 heavy (non-hydrogen) atoms. The molecule has 0 N–H and O–H groups in total. The van der Waals surface area contributed by atoms with Gasteiger partial charge in [0.25, 0.3) is 0 Å². The van der Waals surface area contributed by atoms with Crippen molar-refractivity contribution in [2.45, 2.75) is 0 Å². The summed E-state index contributed by atoms with van der Waals surface area (Å²) in [6, 6.07) is 0. The highest BCUT2D eigenvalue weighted by Crippen LogP contribution is 2.20. The van der Waals surface area contributed by atoms with E-state index >= 15 is 0 Å². The molecule has 0 aliphatic rings. The predicted molar refractivity (Wildman–Crippen MR) is 66.7 cm³/mol. The fraction of sp³-hybridized carbons (Fsp3) is 0. The highest BCUT2D eigenvalue weighted by atomic mass is 16.6. The first-order chi connectivity index (χ1) is 11.2. The van der Waals surface area contributed by atoms with Crippen LogP contribution in [0.15, 0.2) is 22.8 Å². The lowest BCUT2D eigenvalue weighted by Crippen LogP contribution is -2.00. The molecule has 124 valence electrons. The Kier molecular flexibility index (Phi) is 3.85. The van der Waals surface area contributed by atoms with Crippen molar-refractivity contribution >= 4 is 23.5 Å². The van der Waals surface area contributed by atoms with Crippen molar-refractivity contribution in [3.05, 3.63) is 52.9 Å². The van der Waals surface area contributed by atoms with Crippen LogP contribution in [0.5, 0.6) is 0 Å². The van der Waals surface area contributed by atoms with E-state index in [1.165, 1.54) is 0 Å². The van der Waals surface area contributed by atoms with Crippen LogP contribution < -0.4 is 0 Å². The molecule has 0 amide bonds. The Balaban J connectivity index is 2.48. The molecular formula is C6H2N10O8. The molecule has 18 nitrogen and oxygen atoms in total. The van der Waals surface area contributed by atoms with Gasteiger partial charge in [0.2, 0.25) is 0 Å². The third-order valence-electron chi connectivity index (χ3n) is 2.25. The van der Waals surface area contributed by atoms with Crippen molar-refractivity contribution < 1.29 is 19.7 Å². The van der Waals surface area contributed by atoms with Gasteiger partial charge in [-0.25, -0.2) is 0 Å². The highest BCUT2D eigenvalue weighted by Gasteiger charge is 2.26. The number of imidazole rings is 2. The molecule has 0 saturated carbocycles. The Morgan fingerprint density at radius 3 is 1.29 bits per heavy atom. The van der Waals surface area contributed by atoms with E-state index in [2.05, 4.69) is 20.4 Å². The van der Waals surface area contributed by atoms with Crippen molar-refractivity contribution in [1.82, 2.24) is 19.3 Å². The molecule has 0 aromatic carbocycles. The van der Waals surface area contributed by atoms with Gasteiger partial charge in [0.15, 0.2) is 12.4 Å². The van der Waals surface area contributed by atoms with Crippen molar-refractivity contribution in [3.63, 3.8) is 0 Å². The van der Waals surface area contributed by atoms with Crippen LogP contribution in [-0.4, -0.2) is 39.0 Å². The molecule has 0 aliphatic carbocycles. The second-order valence-electron chi connectivity index (χ2n) is 3.69. The summed E-state index contributed by atoms with van der Waals surface area (Å²) in [5, 5.41) is 48.8. The maximum absolute atomic E-state index is 10.7. The summed E-state index contributed by atoms with van der Waals surface area (Å²) in [6.45, 7) is 0. The highest BCUT2D eigenvalue weighted by molar-refractivity contribution is 5.25. The Bertz CT molecular complexity index is 821. The van der Waals surface area contributed by atoms with E-state index in [1.807, 2.05) is 0 Å². The van der Waals surface area contributed by atoms with Gasteiger partial charge in [0.05, 0.1) is 0 Å². The number of aromatic nitrogens is 4. The van der Waals surface area contributed by atoms with E-state index in [1.54, 1.807) is 0 Å². The molecule has 0 aliphatic heterocycles. The Morgan fingerprint density at radius 1 is 0.708 bits per heavy atom. The van der Waals surface area contributed by atoms with E-state index in [4.69, 9.17) is 0 Å². The first kappa shape index (κ1) is 16.0. The van der Waals surface area contributed by atoms with Crippen molar-refractivity contribution in [2.75, 3.05) is 0 Å². The summed E-state index contributed by atoms with van der Waals surface area (Å²) in [5.74, 6) is -4.04. The molecule has 0 atom stereocenters. The van der Waals surface area contributed by atoms with Gasteiger partial charge in [-0.05, 0) is 29.7 Å². The number of rotatable bonds is 6. The lowest BCUT2D eigenvalue weighted by Gasteiger charge is -1.92. The van der Waals surface area contributed by atoms with E-state index in [9.17, 15) is 40.5 Å². The topological polar surface area (TPSA) is 233 Å². The van der Waals surface area contributed by atoms with Crippen molar-refractivity contribution in [1.29, 1.82) is 0 Å². The quantitative estimate of drug-likeness (QED) is 0.397. The van der Waals surface area contributed by atoms with Crippen molar-refractivity contribution in [3.8, 4) is 0 Å². The lowest BCUT2D eigenvalue weighted by atomic mass is 10.8. The van der Waals surface area contributed by atoms with E-state index in [-0.39, 0.29) is 9.35 Å². The first-order valence-corrected chi connectivity index (χ1v) is 5.39. The van der Waals surface area contributed by atoms with Gasteiger partial charge >= 0.3 is 23.5 Å². The normalized spacial score (nSPS) is 10.8. The van der Waals surface area contributed by atoms with Crippen LogP contribution in [0.25, 0.3) is 0 Å². The average molecular weight is 342 g/mol. The predicted octanol–water partition coefficient (Wildman–Crippen LogP) is 0.391. The lowest BCUT2D eigenvalue weighted by molar-refractivity contribution is -0.404. The molecule has 2 aromatic heterocycles. The molecule has 0 spiro atoms. The number of nitro groups is 4. The summed E-state index contributed by atoms with van der Waals surface area (Å²) in [5.41, 5.74) is 0. The Morgan fingerprint density at radius 2 is 1.04 bits per heavy atom. The summed E-state index contributed by atoms with van der Waals surface area (Å²) in [4.78, 5) is 44.3. The molecule has 2 heterocycles. The molecular weight excluding hydrogens is 340 g/mol. The van der Waals surface area contributed by atoms with Crippen LogP contribution in [0, 0.1) is 40.5 Å². The van der Waals surface area contributed by atoms with Crippen LogP contribution in [0.1, 0.15) is 0 Å². The summed E-state index contributed by atoms with van der Waals surface area (Å²) < 4.78 is 0.515. The van der Waals surface area contributed by atoms with E-state index in [0.717, 1.165) is 0 Å². The minimum Gasteiger partial charge on any atom is -0.390 e. The fourth-order valence-corrected chi connectivity index (χ4v) is 1.34. The monoisotopic (exact) mass is 342 g/mol.